The minimum Gasteiger partial charge on any atom is -0.477 e. The molecule has 1 unspecified atom stereocenters. The van der Waals surface area contributed by atoms with Crippen LogP contribution < -0.4 is 5.43 Å². The molecule has 1 fully saturated rings. The van der Waals surface area contributed by atoms with E-state index in [0.29, 0.717) is 5.92 Å². The van der Waals surface area contributed by atoms with Gasteiger partial charge in [0.1, 0.15) is 5.56 Å². The Morgan fingerprint density at radius 1 is 1.47 bits per heavy atom. The molecule has 0 bridgehead atoms. The molecule has 2 heterocycles. The van der Waals surface area contributed by atoms with Crippen LogP contribution in [0.5, 0.6) is 0 Å². The van der Waals surface area contributed by atoms with Crippen molar-refractivity contribution in [2.24, 2.45) is 5.92 Å². The quantitative estimate of drug-likeness (QED) is 0.905. The van der Waals surface area contributed by atoms with Crippen LogP contribution in [0, 0.1) is 12.8 Å². The van der Waals surface area contributed by atoms with Crippen LogP contribution in [0.4, 0.5) is 0 Å². The second-order valence-corrected chi connectivity index (χ2v) is 5.10. The average molecular weight is 265 g/mol. The zero-order valence-electron chi connectivity index (χ0n) is 11.3. The van der Waals surface area contributed by atoms with Gasteiger partial charge in [0.05, 0.1) is 0 Å². The third-order valence-electron chi connectivity index (χ3n) is 3.90. The summed E-state index contributed by atoms with van der Waals surface area (Å²) in [6.07, 6.45) is 3.41. The summed E-state index contributed by atoms with van der Waals surface area (Å²) in [5.74, 6) is -0.713. The Labute approximate surface area is 111 Å². The molecular weight excluding hydrogens is 246 g/mol. The number of carbonyl (C=O) groups is 1. The van der Waals surface area contributed by atoms with E-state index in [-0.39, 0.29) is 11.6 Å². The summed E-state index contributed by atoms with van der Waals surface area (Å²) in [6, 6.07) is 1.57. The zero-order valence-corrected chi connectivity index (χ0v) is 11.3. The van der Waals surface area contributed by atoms with E-state index in [4.69, 9.17) is 9.84 Å². The largest absolute Gasteiger partial charge is 0.477 e. The number of nitrogens with zero attached hydrogens (tertiary/aromatic N) is 1. The molecule has 5 nitrogen and oxygen atoms in total. The molecule has 5 heteroatoms. The monoisotopic (exact) mass is 265 g/mol. The van der Waals surface area contributed by atoms with Gasteiger partial charge in [0.2, 0.25) is 0 Å². The van der Waals surface area contributed by atoms with Gasteiger partial charge in [0, 0.05) is 37.2 Å². The molecule has 0 radical (unpaired) electrons. The van der Waals surface area contributed by atoms with Crippen LogP contribution in [-0.4, -0.2) is 28.9 Å². The summed E-state index contributed by atoms with van der Waals surface area (Å²) in [5.41, 5.74) is 0.207. The van der Waals surface area contributed by atoms with Crippen molar-refractivity contribution in [3.63, 3.8) is 0 Å². The summed E-state index contributed by atoms with van der Waals surface area (Å²) >= 11 is 0. The Hall–Kier alpha value is -1.62. The second kappa shape index (κ2) is 5.57. The van der Waals surface area contributed by atoms with Crippen LogP contribution in [0.15, 0.2) is 17.1 Å². The van der Waals surface area contributed by atoms with E-state index in [1.54, 1.807) is 0 Å². The lowest BCUT2D eigenvalue weighted by molar-refractivity contribution is 0.0508. The molecule has 1 aliphatic heterocycles. The number of rotatable bonds is 3. The van der Waals surface area contributed by atoms with Gasteiger partial charge in [-0.1, -0.05) is 0 Å². The summed E-state index contributed by atoms with van der Waals surface area (Å²) < 4.78 is 7.25. The molecular formula is C14H19NO4. The number of carboxylic acids is 1. The first-order valence-electron chi connectivity index (χ1n) is 6.54. The molecule has 1 saturated heterocycles. The number of ether oxygens (including phenoxy) is 1. The van der Waals surface area contributed by atoms with Crippen LogP contribution in [-0.2, 0) is 4.74 Å². The van der Waals surface area contributed by atoms with Gasteiger partial charge in [-0.15, -0.1) is 0 Å². The van der Waals surface area contributed by atoms with Crippen molar-refractivity contribution >= 4 is 5.97 Å². The van der Waals surface area contributed by atoms with Crippen LogP contribution in [0.1, 0.15) is 41.9 Å². The van der Waals surface area contributed by atoms with Gasteiger partial charge in [-0.3, -0.25) is 4.79 Å². The number of hydrogen-bond donors (Lipinski definition) is 1. The fourth-order valence-electron chi connectivity index (χ4n) is 2.67. The predicted octanol–water partition coefficient (Wildman–Crippen LogP) is 1.84. The molecule has 1 atom stereocenters. The maximum atomic E-state index is 11.6. The van der Waals surface area contributed by atoms with Gasteiger partial charge in [-0.05, 0) is 32.6 Å². The summed E-state index contributed by atoms with van der Waals surface area (Å²) in [5, 5.41) is 9.04. The number of aryl methyl sites for hydroxylation is 1. The van der Waals surface area contributed by atoms with E-state index in [2.05, 4.69) is 6.92 Å². The summed E-state index contributed by atoms with van der Waals surface area (Å²) in [6.45, 7) is 5.40. The normalized spacial score (nSPS) is 18.2. The maximum Gasteiger partial charge on any atom is 0.341 e. The van der Waals surface area contributed by atoms with Crippen molar-refractivity contribution in [1.29, 1.82) is 0 Å². The Morgan fingerprint density at radius 3 is 2.68 bits per heavy atom. The molecule has 0 amide bonds. The van der Waals surface area contributed by atoms with Gasteiger partial charge < -0.3 is 14.4 Å². The Balaban J connectivity index is 2.35. The fraction of sp³-hybridized carbons (Fsp3) is 0.571. The van der Waals surface area contributed by atoms with E-state index >= 15 is 0 Å². The van der Waals surface area contributed by atoms with Crippen LogP contribution in [0.2, 0.25) is 0 Å². The summed E-state index contributed by atoms with van der Waals surface area (Å²) in [4.78, 5) is 22.7. The highest BCUT2D eigenvalue weighted by Gasteiger charge is 2.23. The molecule has 104 valence electrons. The molecule has 1 N–H and O–H groups in total. The molecule has 0 saturated carbocycles. The first kappa shape index (κ1) is 13.8. The lowest BCUT2D eigenvalue weighted by Crippen LogP contribution is -2.27. The number of hydrogen-bond acceptors (Lipinski definition) is 3. The Kier molecular flexibility index (Phi) is 4.04. The molecule has 1 aromatic rings. The van der Waals surface area contributed by atoms with E-state index in [0.717, 1.165) is 31.7 Å². The summed E-state index contributed by atoms with van der Waals surface area (Å²) in [7, 11) is 0. The van der Waals surface area contributed by atoms with Gasteiger partial charge in [0.15, 0.2) is 5.43 Å². The molecule has 0 aromatic carbocycles. The highest BCUT2D eigenvalue weighted by molar-refractivity contribution is 5.87. The lowest BCUT2D eigenvalue weighted by atomic mass is 9.92. The van der Waals surface area contributed by atoms with Gasteiger partial charge >= 0.3 is 5.97 Å². The average Bonchev–Trinajstić information content (AvgIpc) is 2.38. The van der Waals surface area contributed by atoms with Crippen LogP contribution in [0.3, 0.4) is 0 Å². The topological polar surface area (TPSA) is 68.5 Å². The molecule has 2 rings (SSSR count). The van der Waals surface area contributed by atoms with Crippen LogP contribution in [0.25, 0.3) is 0 Å². The van der Waals surface area contributed by atoms with Crippen molar-refractivity contribution in [2.75, 3.05) is 13.2 Å². The highest BCUT2D eigenvalue weighted by Crippen LogP contribution is 2.28. The lowest BCUT2D eigenvalue weighted by Gasteiger charge is -2.30. The van der Waals surface area contributed by atoms with Crippen molar-refractivity contribution in [3.8, 4) is 0 Å². The third kappa shape index (κ3) is 2.87. The molecule has 0 spiro atoms. The van der Waals surface area contributed by atoms with Gasteiger partial charge in [-0.2, -0.15) is 0 Å². The Morgan fingerprint density at radius 2 is 2.11 bits per heavy atom. The standard InChI is InChI=1S/C14H19NO4/c1-9-7-13(16)12(14(17)18)8-15(9)10(2)11-3-5-19-6-4-11/h7-8,10-11H,3-6H2,1-2H3,(H,17,18). The molecule has 19 heavy (non-hydrogen) atoms. The van der Waals surface area contributed by atoms with Crippen LogP contribution >= 0.6 is 0 Å². The van der Waals surface area contributed by atoms with E-state index in [9.17, 15) is 9.59 Å². The number of aromatic nitrogens is 1. The number of pyridine rings is 1. The minimum absolute atomic E-state index is 0.162. The first-order valence-corrected chi connectivity index (χ1v) is 6.54. The molecule has 0 aliphatic carbocycles. The first-order chi connectivity index (χ1) is 9.00. The fourth-order valence-corrected chi connectivity index (χ4v) is 2.67. The molecule has 1 aromatic heterocycles. The van der Waals surface area contributed by atoms with Crippen molar-refractivity contribution in [1.82, 2.24) is 4.57 Å². The van der Waals surface area contributed by atoms with E-state index in [1.165, 1.54) is 12.3 Å². The highest BCUT2D eigenvalue weighted by atomic mass is 16.5. The second-order valence-electron chi connectivity index (χ2n) is 5.10. The third-order valence-corrected chi connectivity index (χ3v) is 3.90. The SMILES string of the molecule is Cc1cc(=O)c(C(=O)O)cn1C(C)C1CCOCC1. The zero-order chi connectivity index (χ0) is 14.0. The van der Waals surface area contributed by atoms with Crippen molar-refractivity contribution in [3.05, 3.63) is 33.7 Å². The van der Waals surface area contributed by atoms with Gasteiger partial charge in [-0.25, -0.2) is 4.79 Å². The Bertz CT molecular complexity index is 529. The van der Waals surface area contributed by atoms with E-state index < -0.39 is 11.4 Å². The minimum atomic E-state index is -1.17. The smallest absolute Gasteiger partial charge is 0.341 e. The number of aromatic carboxylic acids is 1. The van der Waals surface area contributed by atoms with Crippen molar-refractivity contribution in [2.45, 2.75) is 32.7 Å². The maximum absolute atomic E-state index is 11.6. The van der Waals surface area contributed by atoms with Crippen molar-refractivity contribution < 1.29 is 14.6 Å². The van der Waals surface area contributed by atoms with E-state index in [1.807, 2.05) is 11.5 Å². The predicted molar refractivity (Wildman–Crippen MR) is 70.7 cm³/mol. The molecule has 1 aliphatic rings. The van der Waals surface area contributed by atoms with Gasteiger partial charge in [0.25, 0.3) is 0 Å². The number of carboxylic acid groups (broad SMARTS) is 1.